The van der Waals surface area contributed by atoms with Crippen molar-refractivity contribution in [2.75, 3.05) is 12.3 Å². The van der Waals surface area contributed by atoms with Crippen LogP contribution in [0.15, 0.2) is 24.4 Å². The second-order valence-corrected chi connectivity index (χ2v) is 7.01. The Labute approximate surface area is 127 Å². The van der Waals surface area contributed by atoms with Crippen LogP contribution in [0.2, 0.25) is 0 Å². The zero-order valence-corrected chi connectivity index (χ0v) is 13.4. The molecule has 1 N–H and O–H groups in total. The van der Waals surface area contributed by atoms with Gasteiger partial charge in [-0.15, -0.1) is 0 Å². The van der Waals surface area contributed by atoms with Crippen molar-refractivity contribution in [3.05, 3.63) is 35.8 Å². The van der Waals surface area contributed by atoms with Crippen molar-refractivity contribution in [3.8, 4) is 0 Å². The Morgan fingerprint density at radius 1 is 1.43 bits per heavy atom. The van der Waals surface area contributed by atoms with Crippen molar-refractivity contribution in [1.82, 2.24) is 14.7 Å². The van der Waals surface area contributed by atoms with Crippen LogP contribution in [0.5, 0.6) is 0 Å². The van der Waals surface area contributed by atoms with Crippen LogP contribution in [0.25, 0.3) is 5.65 Å². The second kappa shape index (κ2) is 6.85. The number of pyridine rings is 1. The summed E-state index contributed by atoms with van der Waals surface area (Å²) in [5.74, 6) is 0.557. The SMILES string of the molecule is Cc1cccc2nc(CS(=O)CC(=O)NCC(C)C)cn12. The van der Waals surface area contributed by atoms with Crippen molar-refractivity contribution in [1.29, 1.82) is 0 Å². The van der Waals surface area contributed by atoms with Crippen LogP contribution in [0.4, 0.5) is 0 Å². The van der Waals surface area contributed by atoms with Gasteiger partial charge in [-0.25, -0.2) is 4.98 Å². The number of rotatable bonds is 6. The number of carbonyl (C=O) groups is 1. The lowest BCUT2D eigenvalue weighted by Gasteiger charge is -2.06. The number of amides is 1. The Morgan fingerprint density at radius 2 is 2.19 bits per heavy atom. The van der Waals surface area contributed by atoms with E-state index in [0.717, 1.165) is 17.0 Å². The molecule has 2 rings (SSSR count). The van der Waals surface area contributed by atoms with Gasteiger partial charge in [0.1, 0.15) is 11.4 Å². The molecular weight excluding hydrogens is 286 g/mol. The van der Waals surface area contributed by atoms with E-state index >= 15 is 0 Å². The number of imidazole rings is 1. The highest BCUT2D eigenvalue weighted by molar-refractivity contribution is 7.84. The van der Waals surface area contributed by atoms with Crippen LogP contribution >= 0.6 is 0 Å². The zero-order chi connectivity index (χ0) is 15.4. The van der Waals surface area contributed by atoms with Crippen molar-refractivity contribution in [3.63, 3.8) is 0 Å². The van der Waals surface area contributed by atoms with E-state index in [9.17, 15) is 9.00 Å². The summed E-state index contributed by atoms with van der Waals surface area (Å²) < 4.78 is 14.0. The van der Waals surface area contributed by atoms with E-state index < -0.39 is 10.8 Å². The zero-order valence-electron chi connectivity index (χ0n) is 12.6. The summed E-state index contributed by atoms with van der Waals surface area (Å²) in [5.41, 5.74) is 2.66. The molecule has 2 heterocycles. The summed E-state index contributed by atoms with van der Waals surface area (Å²) >= 11 is 0. The quantitative estimate of drug-likeness (QED) is 0.883. The average Bonchev–Trinajstić information content (AvgIpc) is 2.80. The summed E-state index contributed by atoms with van der Waals surface area (Å²) in [6, 6.07) is 5.85. The van der Waals surface area contributed by atoms with Gasteiger partial charge in [0.05, 0.1) is 11.4 Å². The van der Waals surface area contributed by atoms with Crippen LogP contribution in [0.3, 0.4) is 0 Å². The van der Waals surface area contributed by atoms with Crippen molar-refractivity contribution in [2.24, 2.45) is 5.92 Å². The predicted molar refractivity (Wildman–Crippen MR) is 84.5 cm³/mol. The molecule has 1 atom stereocenters. The van der Waals surface area contributed by atoms with Crippen LogP contribution in [-0.2, 0) is 21.3 Å². The molecule has 0 radical (unpaired) electrons. The van der Waals surface area contributed by atoms with Gasteiger partial charge in [-0.3, -0.25) is 9.00 Å². The fourth-order valence-corrected chi connectivity index (χ4v) is 2.97. The third-order valence-electron chi connectivity index (χ3n) is 3.05. The van der Waals surface area contributed by atoms with Gasteiger partial charge in [-0.2, -0.15) is 0 Å². The van der Waals surface area contributed by atoms with Crippen molar-refractivity contribution in [2.45, 2.75) is 26.5 Å². The van der Waals surface area contributed by atoms with Gasteiger partial charge in [0.2, 0.25) is 5.91 Å². The number of hydrogen-bond acceptors (Lipinski definition) is 3. The summed E-state index contributed by atoms with van der Waals surface area (Å²) in [4.78, 5) is 16.1. The minimum absolute atomic E-state index is 0.0274. The summed E-state index contributed by atoms with van der Waals surface area (Å²) in [5, 5.41) is 2.78. The Bertz CT molecular complexity index is 664. The molecule has 0 aliphatic rings. The van der Waals surface area contributed by atoms with E-state index in [2.05, 4.69) is 10.3 Å². The molecule has 2 aromatic rings. The lowest BCUT2D eigenvalue weighted by molar-refractivity contribution is -0.118. The molecule has 5 nitrogen and oxygen atoms in total. The van der Waals surface area contributed by atoms with Gasteiger partial charge in [-0.1, -0.05) is 19.9 Å². The molecular formula is C15H21N3O2S. The van der Waals surface area contributed by atoms with Crippen LogP contribution in [-0.4, -0.2) is 31.8 Å². The lowest BCUT2D eigenvalue weighted by Crippen LogP contribution is -2.31. The average molecular weight is 307 g/mol. The summed E-state index contributed by atoms with van der Waals surface area (Å²) in [6.07, 6.45) is 1.88. The Hall–Kier alpha value is -1.69. The molecule has 0 saturated heterocycles. The first-order valence-corrected chi connectivity index (χ1v) is 8.50. The Morgan fingerprint density at radius 3 is 2.86 bits per heavy atom. The molecule has 6 heteroatoms. The summed E-state index contributed by atoms with van der Waals surface area (Å²) in [6.45, 7) is 6.66. The fraction of sp³-hybridized carbons (Fsp3) is 0.467. The number of fused-ring (bicyclic) bond motifs is 1. The Kier molecular flexibility index (Phi) is 5.12. The Balaban J connectivity index is 1.95. The maximum absolute atomic E-state index is 12.0. The number of carbonyl (C=O) groups excluding carboxylic acids is 1. The predicted octanol–water partition coefficient (Wildman–Crippen LogP) is 1.66. The van der Waals surface area contributed by atoms with Crippen LogP contribution in [0.1, 0.15) is 25.2 Å². The van der Waals surface area contributed by atoms with Gasteiger partial charge in [0.15, 0.2) is 0 Å². The number of aryl methyl sites for hydroxylation is 1. The lowest BCUT2D eigenvalue weighted by atomic mass is 10.2. The first-order valence-electron chi connectivity index (χ1n) is 7.01. The third kappa shape index (κ3) is 4.39. The maximum Gasteiger partial charge on any atom is 0.232 e. The molecule has 0 aliphatic heterocycles. The number of aromatic nitrogens is 2. The van der Waals surface area contributed by atoms with Gasteiger partial charge in [-0.05, 0) is 25.0 Å². The first kappa shape index (κ1) is 15.7. The molecule has 2 aromatic heterocycles. The van der Waals surface area contributed by atoms with E-state index in [0.29, 0.717) is 18.2 Å². The molecule has 21 heavy (non-hydrogen) atoms. The van der Waals surface area contributed by atoms with E-state index in [1.165, 1.54) is 0 Å². The van der Waals surface area contributed by atoms with E-state index in [-0.39, 0.29) is 11.7 Å². The van der Waals surface area contributed by atoms with Crippen molar-refractivity contribution < 1.29 is 9.00 Å². The van der Waals surface area contributed by atoms with E-state index in [1.54, 1.807) is 0 Å². The number of nitrogens with zero attached hydrogens (tertiary/aromatic N) is 2. The molecule has 114 valence electrons. The monoisotopic (exact) mass is 307 g/mol. The number of nitrogens with one attached hydrogen (secondary N) is 1. The highest BCUT2D eigenvalue weighted by atomic mass is 32.2. The summed E-state index contributed by atoms with van der Waals surface area (Å²) in [7, 11) is -1.24. The second-order valence-electron chi connectivity index (χ2n) is 5.55. The largest absolute Gasteiger partial charge is 0.355 e. The van der Waals surface area contributed by atoms with Gasteiger partial charge in [0.25, 0.3) is 0 Å². The van der Waals surface area contributed by atoms with Gasteiger partial charge in [0, 0.05) is 29.2 Å². The highest BCUT2D eigenvalue weighted by Crippen LogP contribution is 2.10. The first-order chi connectivity index (χ1) is 9.95. The molecule has 0 spiro atoms. The minimum Gasteiger partial charge on any atom is -0.355 e. The topological polar surface area (TPSA) is 63.5 Å². The molecule has 0 fully saturated rings. The van der Waals surface area contributed by atoms with Crippen LogP contribution < -0.4 is 5.32 Å². The minimum atomic E-state index is -1.24. The molecule has 0 saturated carbocycles. The van der Waals surface area contributed by atoms with Crippen LogP contribution in [0, 0.1) is 12.8 Å². The third-order valence-corrected chi connectivity index (χ3v) is 4.26. The molecule has 0 bridgehead atoms. The van der Waals surface area contributed by atoms with E-state index in [1.807, 2.05) is 49.6 Å². The van der Waals surface area contributed by atoms with Gasteiger partial charge >= 0.3 is 0 Å². The standard InChI is InChI=1S/C15H21N3O2S/c1-11(2)7-16-15(19)10-21(20)9-13-8-18-12(3)5-4-6-14(18)17-13/h4-6,8,11H,7,9-10H2,1-3H3,(H,16,19). The molecule has 0 aliphatic carbocycles. The molecule has 1 amide bonds. The fourth-order valence-electron chi connectivity index (χ4n) is 2.00. The maximum atomic E-state index is 12.0. The normalized spacial score (nSPS) is 12.8. The van der Waals surface area contributed by atoms with Crippen molar-refractivity contribution >= 4 is 22.4 Å². The molecule has 1 unspecified atom stereocenters. The highest BCUT2D eigenvalue weighted by Gasteiger charge is 2.11. The smallest absolute Gasteiger partial charge is 0.232 e. The van der Waals surface area contributed by atoms with E-state index in [4.69, 9.17) is 0 Å². The van der Waals surface area contributed by atoms with Gasteiger partial charge < -0.3 is 9.72 Å². The number of hydrogen-bond donors (Lipinski definition) is 1. The molecule has 0 aromatic carbocycles.